The number of rotatable bonds is 5. The van der Waals surface area contributed by atoms with Gasteiger partial charge in [0.1, 0.15) is 11.6 Å². The van der Waals surface area contributed by atoms with Gasteiger partial charge in [0.2, 0.25) is 0 Å². The molecule has 1 fully saturated rings. The highest BCUT2D eigenvalue weighted by Gasteiger charge is 2.32. The van der Waals surface area contributed by atoms with E-state index in [4.69, 9.17) is 9.47 Å². The third-order valence-corrected chi connectivity index (χ3v) is 4.94. The minimum atomic E-state index is -0.755. The van der Waals surface area contributed by atoms with E-state index in [9.17, 15) is 8.78 Å². The number of benzene rings is 1. The lowest BCUT2D eigenvalue weighted by Gasteiger charge is -2.22. The van der Waals surface area contributed by atoms with Crippen molar-refractivity contribution in [3.8, 4) is 17.1 Å². The van der Waals surface area contributed by atoms with Crippen LogP contribution in [0.4, 0.5) is 8.78 Å². The van der Waals surface area contributed by atoms with Gasteiger partial charge in [-0.2, -0.15) is 0 Å². The van der Waals surface area contributed by atoms with Gasteiger partial charge in [-0.15, -0.1) is 0 Å². The maximum Gasteiger partial charge on any atom is 0.178 e. The van der Waals surface area contributed by atoms with Gasteiger partial charge in [0.15, 0.2) is 11.6 Å². The third-order valence-electron chi connectivity index (χ3n) is 4.94. The Labute approximate surface area is 155 Å². The molecule has 0 radical (unpaired) electrons. The van der Waals surface area contributed by atoms with Crippen LogP contribution in [0.5, 0.6) is 5.75 Å². The number of imidazole rings is 1. The zero-order chi connectivity index (χ0) is 18.8. The van der Waals surface area contributed by atoms with E-state index in [1.165, 1.54) is 19.2 Å². The van der Waals surface area contributed by atoms with Crippen molar-refractivity contribution >= 4 is 0 Å². The molecule has 0 N–H and O–H groups in total. The van der Waals surface area contributed by atoms with Crippen LogP contribution >= 0.6 is 0 Å². The quantitative estimate of drug-likeness (QED) is 0.687. The first-order valence-electron chi connectivity index (χ1n) is 8.71. The number of pyridine rings is 1. The Morgan fingerprint density at radius 2 is 1.96 bits per heavy atom. The van der Waals surface area contributed by atoms with E-state index in [-0.39, 0.29) is 29.1 Å². The Hall–Kier alpha value is -2.80. The number of halogens is 2. The highest BCUT2D eigenvalue weighted by molar-refractivity contribution is 5.60. The lowest BCUT2D eigenvalue weighted by Crippen LogP contribution is -2.20. The Balaban J connectivity index is 1.70. The average molecular weight is 371 g/mol. The monoisotopic (exact) mass is 371 g/mol. The van der Waals surface area contributed by atoms with Gasteiger partial charge in [-0.1, -0.05) is 0 Å². The van der Waals surface area contributed by atoms with Crippen molar-refractivity contribution in [3.63, 3.8) is 0 Å². The zero-order valence-corrected chi connectivity index (χ0v) is 14.8. The van der Waals surface area contributed by atoms with Gasteiger partial charge in [-0.05, 0) is 36.2 Å². The second kappa shape index (κ2) is 7.44. The van der Waals surface area contributed by atoms with Crippen molar-refractivity contribution in [2.24, 2.45) is 5.92 Å². The molecule has 1 aliphatic rings. The van der Waals surface area contributed by atoms with Crippen LogP contribution in [-0.4, -0.2) is 34.9 Å². The van der Waals surface area contributed by atoms with Crippen molar-refractivity contribution in [2.75, 3.05) is 20.3 Å². The van der Waals surface area contributed by atoms with Gasteiger partial charge in [0.05, 0.1) is 31.9 Å². The molecule has 1 aromatic carbocycles. The summed E-state index contributed by atoms with van der Waals surface area (Å²) in [5, 5.41) is 0. The van der Waals surface area contributed by atoms with Gasteiger partial charge in [-0.3, -0.25) is 4.98 Å². The summed E-state index contributed by atoms with van der Waals surface area (Å²) in [7, 11) is 1.35. The molecular formula is C20H19F2N3O2. The number of aromatic nitrogens is 3. The number of hydrogen-bond donors (Lipinski definition) is 0. The predicted molar refractivity (Wildman–Crippen MR) is 95.4 cm³/mol. The first-order chi connectivity index (χ1) is 13.2. The predicted octanol–water partition coefficient (Wildman–Crippen LogP) is 3.66. The molecule has 3 heterocycles. The number of ether oxygens (including phenoxy) is 2. The molecule has 0 saturated carbocycles. The van der Waals surface area contributed by atoms with Crippen LogP contribution < -0.4 is 4.74 Å². The van der Waals surface area contributed by atoms with E-state index in [2.05, 4.69) is 9.97 Å². The summed E-state index contributed by atoms with van der Waals surface area (Å²) >= 11 is 0. The molecule has 3 aromatic rings. The number of nitrogens with zero attached hydrogens (tertiary/aromatic N) is 3. The summed E-state index contributed by atoms with van der Waals surface area (Å²) in [5.74, 6) is -1.05. The van der Waals surface area contributed by atoms with Crippen LogP contribution in [0.1, 0.15) is 11.6 Å². The van der Waals surface area contributed by atoms with Crippen LogP contribution in [0, 0.1) is 17.6 Å². The lowest BCUT2D eigenvalue weighted by atomic mass is 9.95. The van der Waals surface area contributed by atoms with Gasteiger partial charge in [-0.25, -0.2) is 13.8 Å². The molecule has 0 aliphatic carbocycles. The molecular weight excluding hydrogens is 352 g/mol. The molecule has 2 atom stereocenters. The van der Waals surface area contributed by atoms with Crippen LogP contribution in [0.3, 0.4) is 0 Å². The van der Waals surface area contributed by atoms with Crippen LogP contribution in [0.15, 0.2) is 49.1 Å². The number of hydrogen-bond acceptors (Lipinski definition) is 4. The molecule has 1 aliphatic heterocycles. The summed E-state index contributed by atoms with van der Waals surface area (Å²) in [4.78, 5) is 8.27. The fraction of sp³-hybridized carbons (Fsp3) is 0.300. The minimum Gasteiger partial charge on any atom is -0.494 e. The van der Waals surface area contributed by atoms with Crippen LogP contribution in [0.25, 0.3) is 11.4 Å². The van der Waals surface area contributed by atoms with Crippen molar-refractivity contribution in [1.82, 2.24) is 14.5 Å². The Kier molecular flexibility index (Phi) is 4.85. The summed E-state index contributed by atoms with van der Waals surface area (Å²) in [6.07, 6.45) is 7.59. The Bertz CT molecular complexity index is 930. The maximum atomic E-state index is 14.8. The molecule has 2 aromatic heterocycles. The van der Waals surface area contributed by atoms with Gasteiger partial charge < -0.3 is 14.0 Å². The normalized spacial score (nSPS) is 19.4. The average Bonchev–Trinajstić information content (AvgIpc) is 3.32. The second-order valence-corrected chi connectivity index (χ2v) is 6.52. The molecule has 0 bridgehead atoms. The van der Waals surface area contributed by atoms with Crippen LogP contribution in [-0.2, 0) is 11.2 Å². The van der Waals surface area contributed by atoms with E-state index in [1.54, 1.807) is 29.4 Å². The fourth-order valence-corrected chi connectivity index (χ4v) is 3.58. The fourth-order valence-electron chi connectivity index (χ4n) is 3.58. The maximum absolute atomic E-state index is 14.8. The minimum absolute atomic E-state index is 0.0167. The molecule has 140 valence electrons. The molecule has 27 heavy (non-hydrogen) atoms. The molecule has 0 spiro atoms. The van der Waals surface area contributed by atoms with Crippen molar-refractivity contribution in [3.05, 3.63) is 66.3 Å². The summed E-state index contributed by atoms with van der Waals surface area (Å²) in [5.41, 5.74) is 0.958. The SMILES string of the molecule is COc1ccc(F)c(-c2nccn2[C@@H]2COC[C@@H]2Cc2ccncc2)c1F. The van der Waals surface area contributed by atoms with E-state index in [0.717, 1.165) is 12.0 Å². The summed E-state index contributed by atoms with van der Waals surface area (Å²) in [6.45, 7) is 1.04. The lowest BCUT2D eigenvalue weighted by molar-refractivity contribution is 0.181. The second-order valence-electron chi connectivity index (χ2n) is 6.52. The standard InChI is InChI=1S/C20H19F2N3O2/c1-26-17-3-2-15(21)18(19(17)22)20-24-8-9-25(20)16-12-27-11-14(16)10-13-4-6-23-7-5-13/h2-9,14,16H,10-12H2,1H3/t14-,16+/m0/s1. The molecule has 5 nitrogen and oxygen atoms in total. The highest BCUT2D eigenvalue weighted by atomic mass is 19.1. The largest absolute Gasteiger partial charge is 0.494 e. The Morgan fingerprint density at radius 1 is 1.15 bits per heavy atom. The third kappa shape index (κ3) is 3.30. The zero-order valence-electron chi connectivity index (χ0n) is 14.8. The van der Waals surface area contributed by atoms with Gasteiger partial charge in [0, 0.05) is 30.7 Å². The van der Waals surface area contributed by atoms with E-state index in [0.29, 0.717) is 13.2 Å². The van der Waals surface area contributed by atoms with Crippen molar-refractivity contribution < 1.29 is 18.3 Å². The molecule has 4 rings (SSSR count). The van der Waals surface area contributed by atoms with Gasteiger partial charge in [0.25, 0.3) is 0 Å². The van der Waals surface area contributed by atoms with Gasteiger partial charge >= 0.3 is 0 Å². The number of methoxy groups -OCH3 is 1. The first-order valence-corrected chi connectivity index (χ1v) is 8.71. The first kappa shape index (κ1) is 17.6. The summed E-state index contributed by atoms with van der Waals surface area (Å²) in [6, 6.07) is 6.32. The molecule has 0 amide bonds. The van der Waals surface area contributed by atoms with Crippen molar-refractivity contribution in [2.45, 2.75) is 12.5 Å². The molecule has 1 saturated heterocycles. The van der Waals surface area contributed by atoms with Crippen LogP contribution in [0.2, 0.25) is 0 Å². The molecule has 7 heteroatoms. The van der Waals surface area contributed by atoms with E-state index < -0.39 is 11.6 Å². The summed E-state index contributed by atoms with van der Waals surface area (Å²) < 4.78 is 41.7. The van der Waals surface area contributed by atoms with E-state index in [1.807, 2.05) is 12.1 Å². The van der Waals surface area contributed by atoms with Crippen molar-refractivity contribution in [1.29, 1.82) is 0 Å². The highest BCUT2D eigenvalue weighted by Crippen LogP contribution is 2.36. The topological polar surface area (TPSA) is 49.2 Å². The Morgan fingerprint density at radius 3 is 2.74 bits per heavy atom. The molecule has 0 unspecified atom stereocenters. The van der Waals surface area contributed by atoms with E-state index >= 15 is 0 Å². The smallest absolute Gasteiger partial charge is 0.178 e.